The predicted molar refractivity (Wildman–Crippen MR) is 70.4 cm³/mol. The molecule has 1 amide bonds. The third kappa shape index (κ3) is 3.36. The summed E-state index contributed by atoms with van der Waals surface area (Å²) in [4.78, 5) is 16.1. The smallest absolute Gasteiger partial charge is 0.253 e. The number of carbonyl (C=O) groups is 1. The standard InChI is InChI=1S/C13H13FN2O2S/c1-13(18,11-3-2-4-19-11)8-16-12(17)9-5-10(14)7-15-6-9/h2-7,18H,8H2,1H3,(H,16,17). The molecular formula is C13H13FN2O2S. The Kier molecular flexibility index (Phi) is 3.92. The molecule has 0 aliphatic rings. The SMILES string of the molecule is CC(O)(CNC(=O)c1cncc(F)c1)c1cccs1. The van der Waals surface area contributed by atoms with Crippen LogP contribution in [0.1, 0.15) is 22.2 Å². The second-order valence-electron chi connectivity index (χ2n) is 4.33. The zero-order valence-electron chi connectivity index (χ0n) is 10.3. The number of pyridine rings is 1. The Balaban J connectivity index is 2.01. The lowest BCUT2D eigenvalue weighted by Crippen LogP contribution is -2.38. The molecule has 0 bridgehead atoms. The van der Waals surface area contributed by atoms with Gasteiger partial charge in [0.15, 0.2) is 0 Å². The van der Waals surface area contributed by atoms with Crippen molar-refractivity contribution in [3.63, 3.8) is 0 Å². The Morgan fingerprint density at radius 3 is 3.00 bits per heavy atom. The first kappa shape index (κ1) is 13.6. The van der Waals surface area contributed by atoms with Crippen LogP contribution in [0.3, 0.4) is 0 Å². The topological polar surface area (TPSA) is 62.2 Å². The van der Waals surface area contributed by atoms with Gasteiger partial charge in [0.1, 0.15) is 11.4 Å². The number of hydrogen-bond donors (Lipinski definition) is 2. The maximum absolute atomic E-state index is 12.9. The highest BCUT2D eigenvalue weighted by Gasteiger charge is 2.25. The summed E-state index contributed by atoms with van der Waals surface area (Å²) < 4.78 is 12.9. The number of rotatable bonds is 4. The lowest BCUT2D eigenvalue weighted by atomic mass is 10.1. The molecule has 0 aliphatic heterocycles. The van der Waals surface area contributed by atoms with Crippen molar-refractivity contribution < 1.29 is 14.3 Å². The summed E-state index contributed by atoms with van der Waals surface area (Å²) in [6, 6.07) is 4.72. The van der Waals surface area contributed by atoms with Gasteiger partial charge in [-0.3, -0.25) is 9.78 Å². The number of aliphatic hydroxyl groups is 1. The maximum Gasteiger partial charge on any atom is 0.253 e. The van der Waals surface area contributed by atoms with Gasteiger partial charge >= 0.3 is 0 Å². The molecular weight excluding hydrogens is 267 g/mol. The number of aromatic nitrogens is 1. The summed E-state index contributed by atoms with van der Waals surface area (Å²) in [5.74, 6) is -1.04. The molecule has 1 unspecified atom stereocenters. The van der Waals surface area contributed by atoms with Crippen molar-refractivity contribution in [2.24, 2.45) is 0 Å². The Morgan fingerprint density at radius 2 is 2.37 bits per heavy atom. The monoisotopic (exact) mass is 280 g/mol. The number of hydrogen-bond acceptors (Lipinski definition) is 4. The number of halogens is 1. The molecule has 0 radical (unpaired) electrons. The predicted octanol–water partition coefficient (Wildman–Crippen LogP) is 1.92. The summed E-state index contributed by atoms with van der Waals surface area (Å²) >= 11 is 1.41. The van der Waals surface area contributed by atoms with Crippen LogP contribution in [0, 0.1) is 5.82 Å². The lowest BCUT2D eigenvalue weighted by molar-refractivity contribution is 0.0556. The highest BCUT2D eigenvalue weighted by Crippen LogP contribution is 2.24. The quantitative estimate of drug-likeness (QED) is 0.899. The van der Waals surface area contributed by atoms with Crippen LogP contribution >= 0.6 is 11.3 Å². The van der Waals surface area contributed by atoms with Gasteiger partial charge in [0.05, 0.1) is 18.3 Å². The van der Waals surface area contributed by atoms with Crippen LogP contribution in [-0.2, 0) is 5.60 Å². The molecule has 4 nitrogen and oxygen atoms in total. The molecule has 0 spiro atoms. The van der Waals surface area contributed by atoms with E-state index in [2.05, 4.69) is 10.3 Å². The van der Waals surface area contributed by atoms with Gasteiger partial charge in [0, 0.05) is 11.1 Å². The molecule has 2 aromatic heterocycles. The van der Waals surface area contributed by atoms with Crippen LogP contribution in [0.25, 0.3) is 0 Å². The van der Waals surface area contributed by atoms with E-state index in [9.17, 15) is 14.3 Å². The highest BCUT2D eigenvalue weighted by atomic mass is 32.1. The van der Waals surface area contributed by atoms with Crippen molar-refractivity contribution in [2.75, 3.05) is 6.54 Å². The number of nitrogens with one attached hydrogen (secondary N) is 1. The molecule has 0 aliphatic carbocycles. The van der Waals surface area contributed by atoms with E-state index < -0.39 is 17.3 Å². The van der Waals surface area contributed by atoms with Crippen molar-refractivity contribution in [3.8, 4) is 0 Å². The zero-order chi connectivity index (χ0) is 13.9. The molecule has 2 heterocycles. The van der Waals surface area contributed by atoms with E-state index in [1.807, 2.05) is 11.4 Å². The number of thiophene rings is 1. The second kappa shape index (κ2) is 5.46. The van der Waals surface area contributed by atoms with Gasteiger partial charge in [-0.15, -0.1) is 11.3 Å². The van der Waals surface area contributed by atoms with Crippen LogP contribution in [-0.4, -0.2) is 22.5 Å². The van der Waals surface area contributed by atoms with Gasteiger partial charge in [0.25, 0.3) is 5.91 Å². The van der Waals surface area contributed by atoms with Crippen molar-refractivity contribution in [1.29, 1.82) is 0 Å². The number of carbonyl (C=O) groups excluding carboxylic acids is 1. The first-order valence-corrected chi connectivity index (χ1v) is 6.52. The third-order valence-corrected chi connectivity index (χ3v) is 3.74. The third-order valence-electron chi connectivity index (χ3n) is 2.61. The Hall–Kier alpha value is -1.79. The van der Waals surface area contributed by atoms with E-state index in [4.69, 9.17) is 0 Å². The first-order valence-electron chi connectivity index (χ1n) is 5.64. The number of nitrogens with zero attached hydrogens (tertiary/aromatic N) is 1. The fourth-order valence-electron chi connectivity index (χ4n) is 1.56. The minimum Gasteiger partial charge on any atom is -0.383 e. The molecule has 2 N–H and O–H groups in total. The van der Waals surface area contributed by atoms with Crippen molar-refractivity contribution in [3.05, 3.63) is 52.2 Å². The average molecular weight is 280 g/mol. The molecule has 1 atom stereocenters. The average Bonchev–Trinajstić information content (AvgIpc) is 2.90. The van der Waals surface area contributed by atoms with Crippen molar-refractivity contribution in [1.82, 2.24) is 10.3 Å². The molecule has 6 heteroatoms. The van der Waals surface area contributed by atoms with Crippen LogP contribution in [0.2, 0.25) is 0 Å². The molecule has 19 heavy (non-hydrogen) atoms. The fourth-order valence-corrected chi connectivity index (χ4v) is 2.35. The summed E-state index contributed by atoms with van der Waals surface area (Å²) in [6.45, 7) is 1.66. The molecule has 2 rings (SSSR count). The van der Waals surface area contributed by atoms with Crippen LogP contribution in [0.5, 0.6) is 0 Å². The normalized spacial score (nSPS) is 13.8. The molecule has 0 fully saturated rings. The van der Waals surface area contributed by atoms with E-state index in [-0.39, 0.29) is 12.1 Å². The minimum absolute atomic E-state index is 0.0445. The molecule has 2 aromatic rings. The van der Waals surface area contributed by atoms with Gasteiger partial charge in [-0.1, -0.05) is 6.07 Å². The summed E-state index contributed by atoms with van der Waals surface area (Å²) in [7, 11) is 0. The highest BCUT2D eigenvalue weighted by molar-refractivity contribution is 7.10. The van der Waals surface area contributed by atoms with Gasteiger partial charge in [0.2, 0.25) is 0 Å². The largest absolute Gasteiger partial charge is 0.383 e. The van der Waals surface area contributed by atoms with Gasteiger partial charge < -0.3 is 10.4 Å². The van der Waals surface area contributed by atoms with E-state index in [0.717, 1.165) is 17.1 Å². The number of amides is 1. The van der Waals surface area contributed by atoms with Gasteiger partial charge in [-0.25, -0.2) is 4.39 Å². The molecule has 0 saturated heterocycles. The zero-order valence-corrected chi connectivity index (χ0v) is 11.1. The van der Waals surface area contributed by atoms with Crippen molar-refractivity contribution in [2.45, 2.75) is 12.5 Å². The Morgan fingerprint density at radius 1 is 1.58 bits per heavy atom. The first-order chi connectivity index (χ1) is 8.99. The molecule has 0 saturated carbocycles. The van der Waals surface area contributed by atoms with E-state index in [1.54, 1.807) is 13.0 Å². The lowest BCUT2D eigenvalue weighted by Gasteiger charge is -2.22. The van der Waals surface area contributed by atoms with Crippen LogP contribution in [0.15, 0.2) is 36.0 Å². The van der Waals surface area contributed by atoms with Gasteiger partial charge in [-0.05, 0) is 24.4 Å². The Labute approximate surface area is 113 Å². The Bertz CT molecular complexity index is 570. The summed E-state index contributed by atoms with van der Waals surface area (Å²) in [6.07, 6.45) is 2.30. The van der Waals surface area contributed by atoms with E-state index in [1.165, 1.54) is 17.5 Å². The van der Waals surface area contributed by atoms with E-state index in [0.29, 0.717) is 0 Å². The molecule has 0 aromatic carbocycles. The maximum atomic E-state index is 12.9. The minimum atomic E-state index is -1.15. The van der Waals surface area contributed by atoms with Gasteiger partial charge in [-0.2, -0.15) is 0 Å². The molecule has 100 valence electrons. The fraction of sp³-hybridized carbons (Fsp3) is 0.231. The summed E-state index contributed by atoms with van der Waals surface area (Å²) in [5.41, 5.74) is -1.02. The van der Waals surface area contributed by atoms with E-state index >= 15 is 0 Å². The van der Waals surface area contributed by atoms with Crippen molar-refractivity contribution >= 4 is 17.2 Å². The van der Waals surface area contributed by atoms with Crippen LogP contribution < -0.4 is 5.32 Å². The second-order valence-corrected chi connectivity index (χ2v) is 5.27. The summed E-state index contributed by atoms with van der Waals surface area (Å²) in [5, 5.41) is 14.6. The van der Waals surface area contributed by atoms with Crippen LogP contribution in [0.4, 0.5) is 4.39 Å².